The summed E-state index contributed by atoms with van der Waals surface area (Å²) in [6.07, 6.45) is 3.23. The Balaban J connectivity index is 1.56. The molecule has 0 saturated heterocycles. The van der Waals surface area contributed by atoms with Gasteiger partial charge in [0.15, 0.2) is 11.6 Å². The van der Waals surface area contributed by atoms with Gasteiger partial charge in [0, 0.05) is 47.1 Å². The van der Waals surface area contributed by atoms with Gasteiger partial charge in [0.2, 0.25) is 0 Å². The van der Waals surface area contributed by atoms with Crippen molar-refractivity contribution < 1.29 is 36.8 Å². The van der Waals surface area contributed by atoms with Crippen molar-refractivity contribution in [1.29, 1.82) is 0 Å². The zero-order valence-electron chi connectivity index (χ0n) is 20.2. The number of aromatic nitrogens is 2. The normalized spacial score (nSPS) is 14.2. The number of benzene rings is 2. The van der Waals surface area contributed by atoms with E-state index in [0.717, 1.165) is 34.8 Å². The van der Waals surface area contributed by atoms with Gasteiger partial charge in [0.1, 0.15) is 11.5 Å². The van der Waals surface area contributed by atoms with Gasteiger partial charge < -0.3 is 20.3 Å². The molecule has 0 bridgehead atoms. The minimum absolute atomic E-state index is 0.0938. The summed E-state index contributed by atoms with van der Waals surface area (Å²) in [5.74, 6) is -3.99. The zero-order chi connectivity index (χ0) is 28.0. The number of nitrogens with zero attached hydrogens (tertiary/aromatic N) is 3. The lowest BCUT2D eigenvalue weighted by molar-refractivity contribution is 0.100. The molecule has 1 aliphatic rings. The second-order valence-corrected chi connectivity index (χ2v) is 10.2. The molecule has 0 aliphatic heterocycles. The van der Waals surface area contributed by atoms with Crippen LogP contribution in [0.5, 0.6) is 0 Å². The van der Waals surface area contributed by atoms with Crippen LogP contribution in [0.25, 0.3) is 16.8 Å². The Labute approximate surface area is 223 Å². The number of nitrogens with two attached hydrogens (primary N) is 1. The Morgan fingerprint density at radius 1 is 1.10 bits per heavy atom. The van der Waals surface area contributed by atoms with Crippen LogP contribution in [0.4, 0.5) is 13.2 Å². The molecule has 2 aromatic carbocycles. The summed E-state index contributed by atoms with van der Waals surface area (Å²) in [5.41, 5.74) is 7.21. The van der Waals surface area contributed by atoms with Crippen molar-refractivity contribution >= 4 is 35.3 Å². The third-order valence-corrected chi connectivity index (χ3v) is 7.32. The lowest BCUT2D eigenvalue weighted by Gasteiger charge is -2.26. The first-order valence-corrected chi connectivity index (χ1v) is 12.9. The van der Waals surface area contributed by atoms with E-state index in [1.54, 1.807) is 12.3 Å². The Bertz CT molecular complexity index is 1610. The lowest BCUT2D eigenvalue weighted by Crippen LogP contribution is -2.34. The van der Waals surface area contributed by atoms with Gasteiger partial charge in [-0.05, 0) is 60.2 Å². The number of fused-ring (bicyclic) bond motifs is 1. The van der Waals surface area contributed by atoms with Crippen molar-refractivity contribution in [2.45, 2.75) is 31.8 Å². The number of hydrogen-bond donors (Lipinski definition) is 3. The Hall–Kier alpha value is -3.56. The van der Waals surface area contributed by atoms with Gasteiger partial charge in [-0.1, -0.05) is 12.1 Å². The van der Waals surface area contributed by atoms with Crippen LogP contribution in [-0.4, -0.2) is 45.8 Å². The van der Waals surface area contributed by atoms with Crippen LogP contribution in [0.1, 0.15) is 45.8 Å². The topological polar surface area (TPSA) is 144 Å². The van der Waals surface area contributed by atoms with Gasteiger partial charge in [-0.3, -0.25) is 9.00 Å². The molecule has 14 heteroatoms. The van der Waals surface area contributed by atoms with Crippen molar-refractivity contribution in [2.75, 3.05) is 0 Å². The maximum atomic E-state index is 14.6. The molecular weight excluding hydrogens is 536 g/mol. The molecule has 1 aliphatic carbocycles. The summed E-state index contributed by atoms with van der Waals surface area (Å²) < 4.78 is 68.9. The number of amides is 1. The molecule has 1 fully saturated rings. The van der Waals surface area contributed by atoms with Crippen molar-refractivity contribution in [3.8, 4) is 11.3 Å². The van der Waals surface area contributed by atoms with Crippen molar-refractivity contribution in [3.05, 3.63) is 88.4 Å². The van der Waals surface area contributed by atoms with E-state index >= 15 is 0 Å². The molecule has 202 valence electrons. The molecule has 2 aromatic heterocycles. The van der Waals surface area contributed by atoms with E-state index in [1.807, 2.05) is 0 Å². The van der Waals surface area contributed by atoms with Gasteiger partial charge >= 0.3 is 7.12 Å². The van der Waals surface area contributed by atoms with E-state index in [9.17, 15) is 36.8 Å². The molecule has 1 saturated carbocycles. The van der Waals surface area contributed by atoms with Gasteiger partial charge in [-0.25, -0.2) is 22.0 Å². The number of halogens is 3. The summed E-state index contributed by atoms with van der Waals surface area (Å²) in [7, 11) is -2.23. The summed E-state index contributed by atoms with van der Waals surface area (Å²) in [6.45, 7) is -0.754. The van der Waals surface area contributed by atoms with Crippen LogP contribution in [0.3, 0.4) is 0 Å². The first kappa shape index (κ1) is 27.0. The third kappa shape index (κ3) is 5.33. The maximum absolute atomic E-state index is 14.6. The number of primary amides is 1. The number of carbonyl (C=O) groups is 1. The number of rotatable bonds is 9. The highest BCUT2D eigenvalue weighted by atomic mass is 32.2. The maximum Gasteiger partial charge on any atom is 0.491 e. The fourth-order valence-electron chi connectivity index (χ4n) is 4.57. The van der Waals surface area contributed by atoms with Gasteiger partial charge in [0.25, 0.3) is 5.91 Å². The van der Waals surface area contributed by atoms with E-state index in [-0.39, 0.29) is 29.3 Å². The molecule has 39 heavy (non-hydrogen) atoms. The van der Waals surface area contributed by atoms with E-state index in [4.69, 9.17) is 5.73 Å². The van der Waals surface area contributed by atoms with E-state index in [2.05, 4.69) is 5.10 Å². The Kier molecular flexibility index (Phi) is 7.31. The van der Waals surface area contributed by atoms with Crippen LogP contribution >= 0.6 is 0 Å². The fourth-order valence-corrected chi connectivity index (χ4v) is 5.06. The first-order chi connectivity index (χ1) is 18.5. The highest BCUT2D eigenvalue weighted by molar-refractivity contribution is 7.76. The molecule has 1 unspecified atom stereocenters. The number of pyridine rings is 1. The average Bonchev–Trinajstić information content (AvgIpc) is 3.66. The van der Waals surface area contributed by atoms with Gasteiger partial charge in [-0.2, -0.15) is 5.10 Å². The highest BCUT2D eigenvalue weighted by Crippen LogP contribution is 2.43. The SMILES string of the molecule is NC(=O)c1c(-c2ccc(F)cc2)nn2cc(CN(Cc3ccc(B(O)O)c(F)c3F)S(=O)[O-])c(C3CC3)cc12. The fraction of sp³-hybridized carbons (Fsp3) is 0.200. The molecule has 4 N–H and O–H groups in total. The lowest BCUT2D eigenvalue weighted by atomic mass is 9.79. The van der Waals surface area contributed by atoms with Crippen molar-refractivity contribution in [1.82, 2.24) is 13.9 Å². The quantitative estimate of drug-likeness (QED) is 0.212. The van der Waals surface area contributed by atoms with E-state index in [0.29, 0.717) is 16.6 Å². The molecule has 9 nitrogen and oxygen atoms in total. The van der Waals surface area contributed by atoms with Crippen LogP contribution in [0.2, 0.25) is 0 Å². The zero-order valence-corrected chi connectivity index (χ0v) is 21.0. The summed E-state index contributed by atoms with van der Waals surface area (Å²) in [5, 5.41) is 22.8. The van der Waals surface area contributed by atoms with E-state index in [1.165, 1.54) is 28.8 Å². The summed E-state index contributed by atoms with van der Waals surface area (Å²) in [4.78, 5) is 12.4. The molecule has 4 aromatic rings. The van der Waals surface area contributed by atoms with Crippen LogP contribution < -0.4 is 11.2 Å². The predicted octanol–water partition coefficient (Wildman–Crippen LogP) is 1.87. The Morgan fingerprint density at radius 3 is 2.36 bits per heavy atom. The third-order valence-electron chi connectivity index (χ3n) is 6.64. The van der Waals surface area contributed by atoms with E-state index < -0.39 is 53.8 Å². The number of hydrogen-bond acceptors (Lipinski definition) is 6. The smallest absolute Gasteiger partial charge is 0.491 e. The van der Waals surface area contributed by atoms with Crippen molar-refractivity contribution in [2.24, 2.45) is 5.73 Å². The molecular formula is C25H21BF3N4O5S-. The standard InChI is InChI=1S/C25H22BF3N4O5S/c27-17-6-3-14(4-7-17)24-21(25(30)34)20-9-18(13-1-2-13)16(12-33(20)31-24)11-32(39(37)38)10-15-5-8-19(26(35)36)23(29)22(15)28/h3-9,12-13,35-36H,1-2,10-11H2,(H2,30,34)(H,37,38)/p-1. The molecule has 0 spiro atoms. The highest BCUT2D eigenvalue weighted by Gasteiger charge is 2.30. The minimum Gasteiger partial charge on any atom is -0.760 e. The minimum atomic E-state index is -2.85. The number of carbonyl (C=O) groups excluding carboxylic acids is 1. The van der Waals surface area contributed by atoms with Crippen LogP contribution in [-0.2, 0) is 24.4 Å². The second-order valence-electron chi connectivity index (χ2n) is 9.28. The molecule has 2 heterocycles. The predicted molar refractivity (Wildman–Crippen MR) is 135 cm³/mol. The monoisotopic (exact) mass is 557 g/mol. The van der Waals surface area contributed by atoms with Crippen molar-refractivity contribution in [3.63, 3.8) is 0 Å². The van der Waals surface area contributed by atoms with Crippen LogP contribution in [0.15, 0.2) is 48.7 Å². The molecule has 1 amide bonds. The van der Waals surface area contributed by atoms with Gasteiger partial charge in [0.05, 0.1) is 11.1 Å². The summed E-state index contributed by atoms with van der Waals surface area (Å²) >= 11 is -2.85. The first-order valence-electron chi connectivity index (χ1n) is 11.8. The molecule has 0 radical (unpaired) electrons. The Morgan fingerprint density at radius 2 is 1.77 bits per heavy atom. The van der Waals surface area contributed by atoms with Crippen LogP contribution in [0, 0.1) is 17.5 Å². The molecule has 5 rings (SSSR count). The largest absolute Gasteiger partial charge is 0.760 e. The second kappa shape index (κ2) is 10.5. The van der Waals surface area contributed by atoms with Gasteiger partial charge in [-0.15, -0.1) is 0 Å². The summed E-state index contributed by atoms with van der Waals surface area (Å²) in [6, 6.07) is 9.14. The molecule has 1 atom stereocenters. The average molecular weight is 557 g/mol.